The van der Waals surface area contributed by atoms with Crippen LogP contribution in [0.2, 0.25) is 0 Å². The highest BCUT2D eigenvalue weighted by molar-refractivity contribution is 6.09. The van der Waals surface area contributed by atoms with Crippen molar-refractivity contribution >= 4 is 24.1 Å². The molecule has 0 bridgehead atoms. The second kappa shape index (κ2) is 8.10. The molecule has 1 saturated heterocycles. The van der Waals surface area contributed by atoms with Crippen LogP contribution < -0.4 is 10.6 Å². The van der Waals surface area contributed by atoms with Crippen molar-refractivity contribution in [2.24, 2.45) is 5.92 Å². The van der Waals surface area contributed by atoms with Gasteiger partial charge in [-0.05, 0) is 18.2 Å². The van der Waals surface area contributed by atoms with Crippen molar-refractivity contribution in [1.29, 1.82) is 0 Å². The number of carbonyl (C=O) groups is 2. The standard InChI is InChI=1S/C17H19N3O3.ClH/c21-15-10-19-8-14(15)9-20-17(23)12-3-1-11(2-4-12)16(22)13-5-6-18-7-13;/h1-7,14-15,18-19,21H,8-10H2,(H,20,23);1H. The Kier molecular flexibility index (Phi) is 6.14. The smallest absolute Gasteiger partial charge is 0.251 e. The zero-order chi connectivity index (χ0) is 16.2. The molecule has 128 valence electrons. The first kappa shape index (κ1) is 18.2. The summed E-state index contributed by atoms with van der Waals surface area (Å²) >= 11 is 0. The van der Waals surface area contributed by atoms with Gasteiger partial charge in [0.05, 0.1) is 6.10 Å². The van der Waals surface area contributed by atoms with Crippen molar-refractivity contribution in [3.8, 4) is 0 Å². The van der Waals surface area contributed by atoms with E-state index in [-0.39, 0.29) is 30.0 Å². The number of nitrogens with one attached hydrogen (secondary N) is 3. The minimum Gasteiger partial charge on any atom is -0.391 e. The van der Waals surface area contributed by atoms with Gasteiger partial charge in [0.15, 0.2) is 5.78 Å². The van der Waals surface area contributed by atoms with Gasteiger partial charge in [0.25, 0.3) is 5.91 Å². The van der Waals surface area contributed by atoms with E-state index in [0.717, 1.165) is 0 Å². The first-order valence-corrected chi connectivity index (χ1v) is 7.59. The Hall–Kier alpha value is -2.15. The summed E-state index contributed by atoms with van der Waals surface area (Å²) in [7, 11) is 0. The van der Waals surface area contributed by atoms with Crippen LogP contribution in [-0.4, -0.2) is 47.5 Å². The lowest BCUT2D eigenvalue weighted by molar-refractivity contribution is 0.0925. The van der Waals surface area contributed by atoms with E-state index in [2.05, 4.69) is 15.6 Å². The lowest BCUT2D eigenvalue weighted by atomic mass is 10.0. The highest BCUT2D eigenvalue weighted by Crippen LogP contribution is 2.11. The van der Waals surface area contributed by atoms with E-state index >= 15 is 0 Å². The highest BCUT2D eigenvalue weighted by atomic mass is 35.5. The number of H-pyrrole nitrogens is 1. The largest absolute Gasteiger partial charge is 0.391 e. The first-order valence-electron chi connectivity index (χ1n) is 7.59. The number of carbonyl (C=O) groups excluding carboxylic acids is 2. The molecule has 2 unspecified atom stereocenters. The Morgan fingerprint density at radius 3 is 2.38 bits per heavy atom. The Labute approximate surface area is 146 Å². The zero-order valence-electron chi connectivity index (χ0n) is 13.0. The average molecular weight is 350 g/mol. The van der Waals surface area contributed by atoms with E-state index in [9.17, 15) is 14.7 Å². The van der Waals surface area contributed by atoms with Gasteiger partial charge in [-0.3, -0.25) is 9.59 Å². The molecule has 0 aliphatic carbocycles. The van der Waals surface area contributed by atoms with E-state index < -0.39 is 6.10 Å². The van der Waals surface area contributed by atoms with Crippen molar-refractivity contribution in [2.75, 3.05) is 19.6 Å². The van der Waals surface area contributed by atoms with Gasteiger partial charge in [-0.2, -0.15) is 0 Å². The Morgan fingerprint density at radius 2 is 1.79 bits per heavy atom. The number of hydrogen-bond acceptors (Lipinski definition) is 4. The molecule has 1 amide bonds. The van der Waals surface area contributed by atoms with Gasteiger partial charge in [-0.15, -0.1) is 12.4 Å². The minimum absolute atomic E-state index is 0. The number of benzene rings is 1. The van der Waals surface area contributed by atoms with Crippen LogP contribution in [0.25, 0.3) is 0 Å². The minimum atomic E-state index is -0.420. The van der Waals surface area contributed by atoms with Gasteiger partial charge in [0.2, 0.25) is 0 Å². The summed E-state index contributed by atoms with van der Waals surface area (Å²) in [6.07, 6.45) is 2.92. The number of hydrogen-bond donors (Lipinski definition) is 4. The van der Waals surface area contributed by atoms with Crippen molar-refractivity contribution in [3.05, 3.63) is 59.4 Å². The second-order valence-corrected chi connectivity index (χ2v) is 5.70. The number of rotatable bonds is 5. The van der Waals surface area contributed by atoms with Gasteiger partial charge >= 0.3 is 0 Å². The maximum atomic E-state index is 12.2. The SMILES string of the molecule is Cl.O=C(NCC1CNCC1O)c1ccc(C(=O)c2cc[nH]c2)cc1. The molecule has 2 aromatic rings. The molecular formula is C17H20ClN3O3. The summed E-state index contributed by atoms with van der Waals surface area (Å²) in [6, 6.07) is 8.29. The Bertz CT molecular complexity index is 686. The van der Waals surface area contributed by atoms with E-state index in [1.807, 2.05) is 0 Å². The monoisotopic (exact) mass is 349 g/mol. The number of aromatic nitrogens is 1. The van der Waals surface area contributed by atoms with Gasteiger partial charge in [0.1, 0.15) is 0 Å². The second-order valence-electron chi connectivity index (χ2n) is 5.70. The molecule has 2 atom stereocenters. The van der Waals surface area contributed by atoms with Crippen LogP contribution in [0.5, 0.6) is 0 Å². The lowest BCUT2D eigenvalue weighted by Gasteiger charge is -2.14. The Morgan fingerprint density at radius 1 is 1.08 bits per heavy atom. The maximum Gasteiger partial charge on any atom is 0.251 e. The molecule has 24 heavy (non-hydrogen) atoms. The molecule has 1 aliphatic heterocycles. The molecule has 6 nitrogen and oxygen atoms in total. The predicted octanol–water partition coefficient (Wildman–Crippen LogP) is 0.978. The molecule has 1 fully saturated rings. The summed E-state index contributed by atoms with van der Waals surface area (Å²) < 4.78 is 0. The summed E-state index contributed by atoms with van der Waals surface area (Å²) in [5, 5.41) is 15.6. The van der Waals surface area contributed by atoms with Crippen LogP contribution in [0, 0.1) is 5.92 Å². The summed E-state index contributed by atoms with van der Waals surface area (Å²) in [4.78, 5) is 27.1. The molecule has 1 aromatic heterocycles. The van der Waals surface area contributed by atoms with Crippen molar-refractivity contribution in [3.63, 3.8) is 0 Å². The predicted molar refractivity (Wildman–Crippen MR) is 92.6 cm³/mol. The number of aliphatic hydroxyl groups excluding tert-OH is 1. The quantitative estimate of drug-likeness (QED) is 0.605. The first-order chi connectivity index (χ1) is 11.1. The molecule has 0 spiro atoms. The van der Waals surface area contributed by atoms with E-state index in [4.69, 9.17) is 0 Å². The molecule has 1 aliphatic rings. The average Bonchev–Trinajstić information content (AvgIpc) is 3.24. The lowest BCUT2D eigenvalue weighted by Crippen LogP contribution is -2.34. The number of β-amino-alcohol motifs (C(OH)–C–C–N with tert-alkyl or cyclic N) is 1. The van der Waals surface area contributed by atoms with Crippen LogP contribution >= 0.6 is 12.4 Å². The molecule has 4 N–H and O–H groups in total. The van der Waals surface area contributed by atoms with Crippen LogP contribution in [0.1, 0.15) is 26.3 Å². The third kappa shape index (κ3) is 4.03. The van der Waals surface area contributed by atoms with Gasteiger partial charge in [0, 0.05) is 54.6 Å². The van der Waals surface area contributed by atoms with Crippen LogP contribution in [0.4, 0.5) is 0 Å². The van der Waals surface area contributed by atoms with E-state index in [0.29, 0.717) is 36.3 Å². The number of aliphatic hydroxyl groups is 1. The molecule has 0 radical (unpaired) electrons. The van der Waals surface area contributed by atoms with Gasteiger partial charge < -0.3 is 20.7 Å². The highest BCUT2D eigenvalue weighted by Gasteiger charge is 2.25. The molecule has 7 heteroatoms. The van der Waals surface area contributed by atoms with E-state index in [1.165, 1.54) is 0 Å². The number of halogens is 1. The van der Waals surface area contributed by atoms with Gasteiger partial charge in [-0.25, -0.2) is 0 Å². The fraction of sp³-hybridized carbons (Fsp3) is 0.294. The number of ketones is 1. The number of amides is 1. The van der Waals surface area contributed by atoms with Crippen molar-refractivity contribution < 1.29 is 14.7 Å². The molecule has 3 rings (SSSR count). The summed E-state index contributed by atoms with van der Waals surface area (Å²) in [5.74, 6) is -0.253. The third-order valence-corrected chi connectivity index (χ3v) is 4.10. The molecule has 1 aromatic carbocycles. The Balaban J connectivity index is 0.00000208. The topological polar surface area (TPSA) is 94.2 Å². The summed E-state index contributed by atoms with van der Waals surface area (Å²) in [5.41, 5.74) is 1.62. The third-order valence-electron chi connectivity index (χ3n) is 4.10. The summed E-state index contributed by atoms with van der Waals surface area (Å²) in [6.45, 7) is 1.69. The molecular weight excluding hydrogens is 330 g/mol. The van der Waals surface area contributed by atoms with Crippen LogP contribution in [-0.2, 0) is 0 Å². The normalized spacial score (nSPS) is 19.5. The van der Waals surface area contributed by atoms with Crippen molar-refractivity contribution in [1.82, 2.24) is 15.6 Å². The fourth-order valence-electron chi connectivity index (χ4n) is 2.66. The van der Waals surface area contributed by atoms with Crippen LogP contribution in [0.15, 0.2) is 42.7 Å². The zero-order valence-corrected chi connectivity index (χ0v) is 13.8. The molecule has 2 heterocycles. The maximum absolute atomic E-state index is 12.2. The van der Waals surface area contributed by atoms with Crippen molar-refractivity contribution in [2.45, 2.75) is 6.10 Å². The van der Waals surface area contributed by atoms with Crippen LogP contribution in [0.3, 0.4) is 0 Å². The molecule has 0 saturated carbocycles. The number of aromatic amines is 1. The van der Waals surface area contributed by atoms with E-state index in [1.54, 1.807) is 42.7 Å². The fourth-order valence-corrected chi connectivity index (χ4v) is 2.66. The van der Waals surface area contributed by atoms with Gasteiger partial charge in [-0.1, -0.05) is 12.1 Å².